The normalized spacial score (nSPS) is 11.5. The number of aliphatic hydroxyl groups excluding tert-OH is 1. The Bertz CT molecular complexity index is 257. The monoisotopic (exact) mass is 228 g/mol. The molecule has 0 aliphatic rings. The lowest BCUT2D eigenvalue weighted by atomic mass is 10.3. The van der Waals surface area contributed by atoms with Crippen LogP contribution in [0.3, 0.4) is 0 Å². The first-order chi connectivity index (χ1) is 6.48. The molecule has 0 radical (unpaired) electrons. The van der Waals surface area contributed by atoms with E-state index in [9.17, 15) is 13.2 Å². The minimum atomic E-state index is -4.09. The molecule has 0 aliphatic carbocycles. The number of rotatable bonds is 8. The Balaban J connectivity index is 3.61. The molecular weight excluding hydrogens is 216 g/mol. The van der Waals surface area contributed by atoms with Gasteiger partial charge in [0.1, 0.15) is 0 Å². The van der Waals surface area contributed by atoms with E-state index in [-0.39, 0.29) is 26.1 Å². The Morgan fingerprint density at radius 2 is 1.79 bits per heavy atom. The van der Waals surface area contributed by atoms with Gasteiger partial charge >= 0.3 is 16.4 Å². The summed E-state index contributed by atoms with van der Waals surface area (Å²) in [7, 11) is -4.09. The van der Waals surface area contributed by atoms with E-state index in [1.165, 1.54) is 0 Å². The lowest BCUT2D eigenvalue weighted by Gasteiger charge is -2.03. The average molecular weight is 228 g/mol. The second kappa shape index (κ2) is 6.71. The van der Waals surface area contributed by atoms with E-state index in [2.05, 4.69) is 8.37 Å². The molecule has 0 spiro atoms. The van der Waals surface area contributed by atoms with Crippen molar-refractivity contribution in [1.82, 2.24) is 0 Å². The molecule has 0 aromatic carbocycles. The number of carboxylic acid groups (broad SMARTS) is 1. The van der Waals surface area contributed by atoms with Crippen LogP contribution in [0.15, 0.2) is 0 Å². The molecule has 0 amide bonds. The van der Waals surface area contributed by atoms with Gasteiger partial charge in [0, 0.05) is 6.42 Å². The van der Waals surface area contributed by atoms with Gasteiger partial charge in [0.2, 0.25) is 0 Å². The summed E-state index contributed by atoms with van der Waals surface area (Å²) in [6.07, 6.45) is -0.0907. The van der Waals surface area contributed by atoms with Gasteiger partial charge in [-0.3, -0.25) is 4.79 Å². The zero-order chi connectivity index (χ0) is 11.0. The Morgan fingerprint density at radius 3 is 2.29 bits per heavy atom. The molecule has 0 atom stereocenters. The quantitative estimate of drug-likeness (QED) is 0.519. The lowest BCUT2D eigenvalue weighted by Crippen LogP contribution is -2.14. The van der Waals surface area contributed by atoms with Crippen LogP contribution in [0.1, 0.15) is 12.8 Å². The van der Waals surface area contributed by atoms with Gasteiger partial charge in [-0.15, -0.1) is 0 Å². The van der Waals surface area contributed by atoms with E-state index in [4.69, 9.17) is 10.2 Å². The largest absolute Gasteiger partial charge is 0.481 e. The minimum absolute atomic E-state index is 0.0804. The van der Waals surface area contributed by atoms with Crippen molar-refractivity contribution in [1.29, 1.82) is 0 Å². The molecule has 2 N–H and O–H groups in total. The highest BCUT2D eigenvalue weighted by molar-refractivity contribution is 7.81. The average Bonchev–Trinajstić information content (AvgIpc) is 2.09. The third-order valence-corrected chi connectivity index (χ3v) is 1.99. The molecule has 14 heavy (non-hydrogen) atoms. The molecule has 0 heterocycles. The maximum atomic E-state index is 10.7. The van der Waals surface area contributed by atoms with Gasteiger partial charge < -0.3 is 10.2 Å². The number of carbonyl (C=O) groups is 1. The van der Waals surface area contributed by atoms with E-state index < -0.39 is 23.0 Å². The first-order valence-electron chi connectivity index (χ1n) is 3.84. The minimum Gasteiger partial charge on any atom is -0.481 e. The van der Waals surface area contributed by atoms with Gasteiger partial charge in [-0.25, -0.2) is 8.37 Å². The van der Waals surface area contributed by atoms with Gasteiger partial charge in [-0.1, -0.05) is 0 Å². The van der Waals surface area contributed by atoms with Gasteiger partial charge in [0.15, 0.2) is 0 Å². The van der Waals surface area contributed by atoms with Gasteiger partial charge in [-0.2, -0.15) is 8.42 Å². The van der Waals surface area contributed by atoms with Crippen molar-refractivity contribution >= 4 is 16.4 Å². The van der Waals surface area contributed by atoms with Crippen molar-refractivity contribution in [2.75, 3.05) is 19.8 Å². The highest BCUT2D eigenvalue weighted by Gasteiger charge is 2.11. The zero-order valence-corrected chi connectivity index (χ0v) is 8.20. The third-order valence-electron chi connectivity index (χ3n) is 1.08. The highest BCUT2D eigenvalue weighted by Crippen LogP contribution is 1.98. The van der Waals surface area contributed by atoms with Crippen LogP contribution in [-0.4, -0.2) is 44.4 Å². The van der Waals surface area contributed by atoms with Gasteiger partial charge in [-0.05, 0) is 6.42 Å². The number of carboxylic acids is 1. The van der Waals surface area contributed by atoms with Crippen LogP contribution < -0.4 is 0 Å². The summed E-state index contributed by atoms with van der Waals surface area (Å²) in [4.78, 5) is 10.0. The summed E-state index contributed by atoms with van der Waals surface area (Å²) >= 11 is 0. The van der Waals surface area contributed by atoms with Crippen molar-refractivity contribution in [3.63, 3.8) is 0 Å². The van der Waals surface area contributed by atoms with Crippen LogP contribution in [-0.2, 0) is 23.6 Å². The fourth-order valence-corrected chi connectivity index (χ4v) is 1.23. The van der Waals surface area contributed by atoms with Crippen molar-refractivity contribution in [2.45, 2.75) is 12.8 Å². The van der Waals surface area contributed by atoms with Gasteiger partial charge in [0.05, 0.1) is 19.8 Å². The van der Waals surface area contributed by atoms with Crippen molar-refractivity contribution in [3.05, 3.63) is 0 Å². The summed E-state index contributed by atoms with van der Waals surface area (Å²) < 4.78 is 29.9. The summed E-state index contributed by atoms with van der Waals surface area (Å²) in [6, 6.07) is 0. The fourth-order valence-electron chi connectivity index (χ4n) is 0.558. The topological polar surface area (TPSA) is 110 Å². The third kappa shape index (κ3) is 7.92. The Labute approximate surface area is 81.6 Å². The number of aliphatic carboxylic acids is 1. The summed E-state index contributed by atoms with van der Waals surface area (Å²) in [5.74, 6) is -1.03. The maximum Gasteiger partial charge on any atom is 0.399 e. The first-order valence-corrected chi connectivity index (χ1v) is 5.17. The zero-order valence-electron chi connectivity index (χ0n) is 7.38. The summed E-state index contributed by atoms with van der Waals surface area (Å²) in [6.45, 7) is -1.06. The Kier molecular flexibility index (Phi) is 6.37. The molecule has 0 fully saturated rings. The van der Waals surface area contributed by atoms with E-state index in [0.717, 1.165) is 0 Å². The van der Waals surface area contributed by atoms with E-state index >= 15 is 0 Å². The Hall–Kier alpha value is -0.700. The van der Waals surface area contributed by atoms with Gasteiger partial charge in [0.25, 0.3) is 0 Å². The van der Waals surface area contributed by atoms with Crippen LogP contribution in [0.5, 0.6) is 0 Å². The SMILES string of the molecule is O=C(O)CCCOS(=O)(=O)OCCO. The van der Waals surface area contributed by atoms with Crippen molar-refractivity contribution in [3.8, 4) is 0 Å². The number of aliphatic hydroxyl groups is 1. The molecule has 0 saturated heterocycles. The maximum absolute atomic E-state index is 10.7. The first kappa shape index (κ1) is 13.3. The smallest absolute Gasteiger partial charge is 0.399 e. The molecule has 0 aromatic heterocycles. The van der Waals surface area contributed by atoms with Crippen molar-refractivity contribution < 1.29 is 31.8 Å². The van der Waals surface area contributed by atoms with E-state index in [1.807, 2.05) is 0 Å². The summed E-state index contributed by atoms with van der Waals surface area (Å²) in [5, 5.41) is 16.5. The molecule has 0 unspecified atom stereocenters. The molecule has 0 rings (SSSR count). The predicted molar refractivity (Wildman–Crippen MR) is 44.8 cm³/mol. The molecule has 84 valence electrons. The molecular formula is C6H12O7S. The second-order valence-electron chi connectivity index (χ2n) is 2.27. The van der Waals surface area contributed by atoms with E-state index in [0.29, 0.717) is 0 Å². The fraction of sp³-hybridized carbons (Fsp3) is 0.833. The Morgan fingerprint density at radius 1 is 1.21 bits per heavy atom. The highest BCUT2D eigenvalue weighted by atomic mass is 32.3. The van der Waals surface area contributed by atoms with Crippen molar-refractivity contribution in [2.24, 2.45) is 0 Å². The molecule has 0 aliphatic heterocycles. The predicted octanol–water partition coefficient (Wildman–Crippen LogP) is -0.878. The molecule has 7 nitrogen and oxygen atoms in total. The second-order valence-corrected chi connectivity index (χ2v) is 3.56. The van der Waals surface area contributed by atoms with Crippen LogP contribution in [0.2, 0.25) is 0 Å². The van der Waals surface area contributed by atoms with Crippen LogP contribution >= 0.6 is 0 Å². The molecule has 0 bridgehead atoms. The number of hydrogen-bond acceptors (Lipinski definition) is 6. The summed E-state index contributed by atoms with van der Waals surface area (Å²) in [5.41, 5.74) is 0. The molecule has 0 saturated carbocycles. The number of hydrogen-bond donors (Lipinski definition) is 2. The van der Waals surface area contributed by atoms with E-state index in [1.54, 1.807) is 0 Å². The molecule has 0 aromatic rings. The lowest BCUT2D eigenvalue weighted by molar-refractivity contribution is -0.137. The van der Waals surface area contributed by atoms with Crippen LogP contribution in [0, 0.1) is 0 Å². The molecule has 8 heteroatoms. The van der Waals surface area contributed by atoms with Crippen LogP contribution in [0.25, 0.3) is 0 Å². The standard InChI is InChI=1S/C6H12O7S/c7-3-5-13-14(10,11)12-4-1-2-6(8)9/h7H,1-5H2,(H,8,9). The van der Waals surface area contributed by atoms with Crippen LogP contribution in [0.4, 0.5) is 0 Å².